The molecule has 1 atom stereocenters. The maximum absolute atomic E-state index is 11.7. The molecular formula is C18H28N4O2S. The van der Waals surface area contributed by atoms with Gasteiger partial charge in [0.05, 0.1) is 11.5 Å². The molecule has 1 aromatic heterocycles. The molecule has 3 rings (SSSR count). The lowest BCUT2D eigenvalue weighted by Crippen LogP contribution is -2.34. The number of hydrogen-bond donors (Lipinski definition) is 1. The second-order valence-electron chi connectivity index (χ2n) is 7.15. The SMILES string of the molecule is Cc1cc(NCCC2=CCCCC2)nc(N(C)C2CCS(=O)(=O)C2)n1. The quantitative estimate of drug-likeness (QED) is 0.782. The first-order valence-corrected chi connectivity index (χ1v) is 11.0. The maximum atomic E-state index is 11.7. The van der Waals surface area contributed by atoms with E-state index in [1.807, 2.05) is 24.9 Å². The summed E-state index contributed by atoms with van der Waals surface area (Å²) in [4.78, 5) is 11.0. The van der Waals surface area contributed by atoms with E-state index in [-0.39, 0.29) is 17.5 Å². The van der Waals surface area contributed by atoms with Gasteiger partial charge in [-0.1, -0.05) is 11.6 Å². The van der Waals surface area contributed by atoms with E-state index in [0.717, 1.165) is 24.5 Å². The molecule has 0 radical (unpaired) electrons. The Balaban J connectivity index is 1.62. The molecule has 0 bridgehead atoms. The van der Waals surface area contributed by atoms with Crippen molar-refractivity contribution in [3.8, 4) is 0 Å². The van der Waals surface area contributed by atoms with Crippen LogP contribution in [0.4, 0.5) is 11.8 Å². The molecule has 1 fully saturated rings. The fourth-order valence-electron chi connectivity index (χ4n) is 3.53. The fraction of sp³-hybridized carbons (Fsp3) is 0.667. The molecule has 7 heteroatoms. The normalized spacial score (nSPS) is 22.5. The summed E-state index contributed by atoms with van der Waals surface area (Å²) in [7, 11) is -1.03. The van der Waals surface area contributed by atoms with E-state index in [1.54, 1.807) is 0 Å². The topological polar surface area (TPSA) is 75.2 Å². The lowest BCUT2D eigenvalue weighted by molar-refractivity contribution is 0.600. The molecule has 138 valence electrons. The first-order chi connectivity index (χ1) is 11.9. The van der Waals surface area contributed by atoms with Gasteiger partial charge >= 0.3 is 0 Å². The zero-order valence-corrected chi connectivity index (χ0v) is 16.0. The van der Waals surface area contributed by atoms with Crippen LogP contribution in [0.25, 0.3) is 0 Å². The van der Waals surface area contributed by atoms with Crippen molar-refractivity contribution in [3.63, 3.8) is 0 Å². The van der Waals surface area contributed by atoms with E-state index in [4.69, 9.17) is 0 Å². The van der Waals surface area contributed by atoms with E-state index in [0.29, 0.717) is 12.4 Å². The predicted molar refractivity (Wildman–Crippen MR) is 102 cm³/mol. The van der Waals surface area contributed by atoms with Gasteiger partial charge in [0.1, 0.15) is 5.82 Å². The first kappa shape index (κ1) is 18.2. The van der Waals surface area contributed by atoms with E-state index < -0.39 is 9.84 Å². The Hall–Kier alpha value is -1.63. The van der Waals surface area contributed by atoms with E-state index >= 15 is 0 Å². The molecule has 0 spiro atoms. The van der Waals surface area contributed by atoms with Gasteiger partial charge in [0, 0.05) is 31.4 Å². The van der Waals surface area contributed by atoms with E-state index in [1.165, 1.54) is 31.3 Å². The highest BCUT2D eigenvalue weighted by Crippen LogP contribution is 2.23. The van der Waals surface area contributed by atoms with Crippen molar-refractivity contribution in [2.24, 2.45) is 0 Å². The van der Waals surface area contributed by atoms with Crippen LogP contribution in [-0.2, 0) is 9.84 Å². The number of rotatable bonds is 6. The number of allylic oxidation sites excluding steroid dienone is 1. The average Bonchev–Trinajstić information content (AvgIpc) is 2.94. The summed E-state index contributed by atoms with van der Waals surface area (Å²) in [5.74, 6) is 1.86. The van der Waals surface area contributed by atoms with Gasteiger partial charge < -0.3 is 10.2 Å². The van der Waals surface area contributed by atoms with Crippen molar-refractivity contribution in [1.29, 1.82) is 0 Å². The number of aromatic nitrogens is 2. The zero-order valence-electron chi connectivity index (χ0n) is 15.2. The smallest absolute Gasteiger partial charge is 0.227 e. The minimum atomic E-state index is -2.91. The van der Waals surface area contributed by atoms with Gasteiger partial charge in [-0.2, -0.15) is 4.98 Å². The molecule has 2 heterocycles. The third kappa shape index (κ3) is 4.93. The Kier molecular flexibility index (Phi) is 5.61. The van der Waals surface area contributed by atoms with E-state index in [2.05, 4.69) is 21.4 Å². The molecule has 1 N–H and O–H groups in total. The predicted octanol–water partition coefficient (Wildman–Crippen LogP) is 2.71. The fourth-order valence-corrected chi connectivity index (χ4v) is 5.30. The van der Waals surface area contributed by atoms with Crippen molar-refractivity contribution in [1.82, 2.24) is 9.97 Å². The van der Waals surface area contributed by atoms with Crippen LogP contribution in [0.1, 0.15) is 44.2 Å². The van der Waals surface area contributed by atoms with Gasteiger partial charge in [0.15, 0.2) is 9.84 Å². The lowest BCUT2D eigenvalue weighted by atomic mass is 9.97. The highest BCUT2D eigenvalue weighted by Gasteiger charge is 2.31. The number of aryl methyl sites for hydroxylation is 1. The first-order valence-electron chi connectivity index (χ1n) is 9.14. The molecule has 0 saturated carbocycles. The van der Waals surface area contributed by atoms with Gasteiger partial charge in [-0.05, 0) is 45.4 Å². The van der Waals surface area contributed by atoms with Gasteiger partial charge in [-0.3, -0.25) is 0 Å². The average molecular weight is 365 g/mol. The number of sulfone groups is 1. The molecule has 2 aliphatic rings. The summed E-state index contributed by atoms with van der Waals surface area (Å²) >= 11 is 0. The lowest BCUT2D eigenvalue weighted by Gasteiger charge is -2.24. The Morgan fingerprint density at radius 3 is 2.84 bits per heavy atom. The summed E-state index contributed by atoms with van der Waals surface area (Å²) < 4.78 is 23.4. The molecule has 0 amide bonds. The largest absolute Gasteiger partial charge is 0.370 e. The molecule has 0 aromatic carbocycles. The van der Waals surface area contributed by atoms with Crippen LogP contribution in [0.2, 0.25) is 0 Å². The summed E-state index contributed by atoms with van der Waals surface area (Å²) in [5, 5.41) is 3.40. The van der Waals surface area contributed by atoms with Crippen LogP contribution < -0.4 is 10.2 Å². The van der Waals surface area contributed by atoms with Crippen molar-refractivity contribution in [2.45, 2.75) is 51.5 Å². The van der Waals surface area contributed by atoms with Crippen molar-refractivity contribution < 1.29 is 8.42 Å². The van der Waals surface area contributed by atoms with Gasteiger partial charge in [0.2, 0.25) is 5.95 Å². The maximum Gasteiger partial charge on any atom is 0.227 e. The Bertz CT molecular complexity index is 745. The monoisotopic (exact) mass is 364 g/mol. The second-order valence-corrected chi connectivity index (χ2v) is 9.38. The second kappa shape index (κ2) is 7.72. The molecule has 1 aliphatic carbocycles. The minimum Gasteiger partial charge on any atom is -0.370 e. The van der Waals surface area contributed by atoms with Crippen molar-refractivity contribution in [3.05, 3.63) is 23.4 Å². The summed E-state index contributed by atoms with van der Waals surface area (Å²) in [6.07, 6.45) is 9.11. The molecule has 1 saturated heterocycles. The third-order valence-electron chi connectivity index (χ3n) is 5.05. The molecule has 25 heavy (non-hydrogen) atoms. The molecule has 1 aromatic rings. The van der Waals surface area contributed by atoms with Crippen LogP contribution in [0, 0.1) is 6.92 Å². The van der Waals surface area contributed by atoms with Crippen molar-refractivity contribution in [2.75, 3.05) is 35.3 Å². The number of nitrogens with one attached hydrogen (secondary N) is 1. The van der Waals surface area contributed by atoms with Crippen molar-refractivity contribution >= 4 is 21.6 Å². The number of anilines is 2. The van der Waals surface area contributed by atoms with Crippen LogP contribution in [0.5, 0.6) is 0 Å². The number of hydrogen-bond acceptors (Lipinski definition) is 6. The summed E-state index contributed by atoms with van der Waals surface area (Å²) in [6, 6.07) is 1.91. The third-order valence-corrected chi connectivity index (χ3v) is 6.80. The minimum absolute atomic E-state index is 0.0351. The Morgan fingerprint density at radius 1 is 1.32 bits per heavy atom. The van der Waals surface area contributed by atoms with Gasteiger partial charge in [-0.15, -0.1) is 0 Å². The highest BCUT2D eigenvalue weighted by molar-refractivity contribution is 7.91. The van der Waals surface area contributed by atoms with Crippen LogP contribution >= 0.6 is 0 Å². The van der Waals surface area contributed by atoms with Crippen LogP contribution in [0.15, 0.2) is 17.7 Å². The van der Waals surface area contributed by atoms with Crippen LogP contribution in [-0.4, -0.2) is 49.5 Å². The van der Waals surface area contributed by atoms with Crippen LogP contribution in [0.3, 0.4) is 0 Å². The Morgan fingerprint density at radius 2 is 2.16 bits per heavy atom. The molecule has 1 aliphatic heterocycles. The van der Waals surface area contributed by atoms with Gasteiger partial charge in [0.25, 0.3) is 0 Å². The Labute approximate surface area is 150 Å². The summed E-state index contributed by atoms with van der Waals surface area (Å²) in [5.41, 5.74) is 2.43. The summed E-state index contributed by atoms with van der Waals surface area (Å²) in [6.45, 7) is 2.81. The molecule has 6 nitrogen and oxygen atoms in total. The standard InChI is InChI=1S/C18H28N4O2S/c1-14-12-17(19-10-8-15-6-4-3-5-7-15)21-18(20-14)22(2)16-9-11-25(23,24)13-16/h6,12,16H,3-5,7-11,13H2,1-2H3,(H,19,20,21). The molecule has 1 unspecified atom stereocenters. The zero-order chi connectivity index (χ0) is 17.9. The molecular weight excluding hydrogens is 336 g/mol. The van der Waals surface area contributed by atoms with Gasteiger partial charge in [-0.25, -0.2) is 13.4 Å². The number of nitrogens with zero attached hydrogens (tertiary/aromatic N) is 3. The highest BCUT2D eigenvalue weighted by atomic mass is 32.2. The van der Waals surface area contributed by atoms with E-state index in [9.17, 15) is 8.42 Å².